The molecule has 0 saturated heterocycles. The third-order valence-corrected chi connectivity index (χ3v) is 5.39. The van der Waals surface area contributed by atoms with Crippen LogP contribution in [0.1, 0.15) is 25.0 Å². The predicted molar refractivity (Wildman–Crippen MR) is 90.7 cm³/mol. The topological polar surface area (TPSA) is 71.4 Å². The van der Waals surface area contributed by atoms with Gasteiger partial charge in [0.25, 0.3) is 0 Å². The van der Waals surface area contributed by atoms with Crippen LogP contribution in [-0.4, -0.2) is 25.2 Å². The van der Waals surface area contributed by atoms with Crippen molar-refractivity contribution in [3.8, 4) is 0 Å². The van der Waals surface area contributed by atoms with Gasteiger partial charge in [-0.15, -0.1) is 0 Å². The van der Waals surface area contributed by atoms with Crippen LogP contribution in [0.5, 0.6) is 0 Å². The standard InChI is InChI=1S/C18H18O4S/c1-3-23(21,22)16-11-7-10-15(12-16)13(2)17(18(19)20)14-8-5-4-6-9-14/h4-12H,3H2,1-2H3,(H,19,20)/b17-13+. The molecule has 0 unspecified atom stereocenters. The van der Waals surface area contributed by atoms with Crippen molar-refractivity contribution in [1.82, 2.24) is 0 Å². The summed E-state index contributed by atoms with van der Waals surface area (Å²) in [7, 11) is -3.33. The number of carboxylic acids is 1. The minimum Gasteiger partial charge on any atom is -0.478 e. The van der Waals surface area contributed by atoms with Gasteiger partial charge in [-0.25, -0.2) is 13.2 Å². The zero-order valence-corrected chi connectivity index (χ0v) is 13.8. The number of hydrogen-bond donors (Lipinski definition) is 1. The number of benzene rings is 2. The highest BCUT2D eigenvalue weighted by Gasteiger charge is 2.17. The molecule has 120 valence electrons. The average molecular weight is 330 g/mol. The summed E-state index contributed by atoms with van der Waals surface area (Å²) in [6.07, 6.45) is 0. The molecule has 2 rings (SSSR count). The van der Waals surface area contributed by atoms with Gasteiger partial charge < -0.3 is 5.11 Å². The second-order valence-corrected chi connectivity index (χ2v) is 7.38. The maximum absolute atomic E-state index is 12.0. The molecule has 0 atom stereocenters. The van der Waals surface area contributed by atoms with E-state index in [4.69, 9.17) is 0 Å². The number of aliphatic carboxylic acids is 1. The summed E-state index contributed by atoms with van der Waals surface area (Å²) in [6.45, 7) is 3.27. The van der Waals surface area contributed by atoms with Crippen LogP contribution in [0.25, 0.3) is 11.1 Å². The highest BCUT2D eigenvalue weighted by molar-refractivity contribution is 7.91. The van der Waals surface area contributed by atoms with Crippen molar-refractivity contribution in [1.29, 1.82) is 0 Å². The summed E-state index contributed by atoms with van der Waals surface area (Å²) in [5, 5.41) is 9.56. The van der Waals surface area contributed by atoms with E-state index in [2.05, 4.69) is 0 Å². The fourth-order valence-corrected chi connectivity index (χ4v) is 3.26. The molecule has 0 aromatic heterocycles. The van der Waals surface area contributed by atoms with Crippen LogP contribution in [0.15, 0.2) is 59.5 Å². The molecule has 0 heterocycles. The maximum atomic E-state index is 12.0. The van der Waals surface area contributed by atoms with Crippen LogP contribution in [0, 0.1) is 0 Å². The molecule has 0 aliphatic rings. The van der Waals surface area contributed by atoms with Gasteiger partial charge in [-0.3, -0.25) is 0 Å². The van der Waals surface area contributed by atoms with E-state index in [1.165, 1.54) is 12.1 Å². The lowest BCUT2D eigenvalue weighted by atomic mass is 9.96. The number of allylic oxidation sites excluding steroid dienone is 1. The molecule has 0 fully saturated rings. The molecule has 0 saturated carbocycles. The second kappa shape index (κ2) is 6.79. The highest BCUT2D eigenvalue weighted by Crippen LogP contribution is 2.27. The van der Waals surface area contributed by atoms with Crippen LogP contribution in [0.3, 0.4) is 0 Å². The Morgan fingerprint density at radius 1 is 1.00 bits per heavy atom. The molecule has 2 aromatic rings. The van der Waals surface area contributed by atoms with Crippen molar-refractivity contribution in [2.45, 2.75) is 18.7 Å². The number of sulfone groups is 1. The Kier molecular flexibility index (Phi) is 5.01. The summed E-state index contributed by atoms with van der Waals surface area (Å²) in [5.74, 6) is -1.04. The van der Waals surface area contributed by atoms with Gasteiger partial charge in [0.2, 0.25) is 0 Å². The fraction of sp³-hybridized carbons (Fsp3) is 0.167. The second-order valence-electron chi connectivity index (χ2n) is 5.10. The Hall–Kier alpha value is -2.40. The summed E-state index contributed by atoms with van der Waals surface area (Å²) in [6, 6.07) is 15.2. The molecule has 0 bridgehead atoms. The summed E-state index contributed by atoms with van der Waals surface area (Å²) >= 11 is 0. The highest BCUT2D eigenvalue weighted by atomic mass is 32.2. The van der Waals surface area contributed by atoms with Gasteiger partial charge in [-0.1, -0.05) is 49.4 Å². The fourth-order valence-electron chi connectivity index (χ4n) is 2.34. The SMILES string of the molecule is CCS(=O)(=O)c1cccc(/C(C)=C(/C(=O)O)c2ccccc2)c1. The van der Waals surface area contributed by atoms with Gasteiger partial charge in [0.1, 0.15) is 0 Å². The molecule has 4 nitrogen and oxygen atoms in total. The van der Waals surface area contributed by atoms with E-state index in [1.54, 1.807) is 50.2 Å². The van der Waals surface area contributed by atoms with E-state index in [0.29, 0.717) is 16.7 Å². The molecule has 0 amide bonds. The van der Waals surface area contributed by atoms with Crippen molar-refractivity contribution < 1.29 is 18.3 Å². The molecule has 2 aromatic carbocycles. The molecule has 0 aliphatic carbocycles. The molecule has 0 radical (unpaired) electrons. The summed E-state index contributed by atoms with van der Waals surface area (Å²) < 4.78 is 24.0. The number of rotatable bonds is 5. The molecule has 5 heteroatoms. The van der Waals surface area contributed by atoms with Crippen LogP contribution >= 0.6 is 0 Å². The van der Waals surface area contributed by atoms with E-state index < -0.39 is 15.8 Å². The van der Waals surface area contributed by atoms with E-state index in [1.807, 2.05) is 6.07 Å². The van der Waals surface area contributed by atoms with Crippen molar-refractivity contribution in [2.75, 3.05) is 5.75 Å². The van der Waals surface area contributed by atoms with Gasteiger partial charge >= 0.3 is 5.97 Å². The summed E-state index contributed by atoms with van der Waals surface area (Å²) in [5.41, 5.74) is 1.86. The van der Waals surface area contributed by atoms with Crippen LogP contribution in [-0.2, 0) is 14.6 Å². The third-order valence-electron chi connectivity index (χ3n) is 3.66. The monoisotopic (exact) mass is 330 g/mol. The number of carbonyl (C=O) groups is 1. The lowest BCUT2D eigenvalue weighted by molar-refractivity contribution is -0.130. The third kappa shape index (κ3) is 3.68. The molecule has 0 spiro atoms. The molecular weight excluding hydrogens is 312 g/mol. The minimum atomic E-state index is -3.33. The lowest BCUT2D eigenvalue weighted by Crippen LogP contribution is -2.05. The van der Waals surface area contributed by atoms with E-state index >= 15 is 0 Å². The smallest absolute Gasteiger partial charge is 0.336 e. The zero-order valence-electron chi connectivity index (χ0n) is 13.0. The Labute approximate surface area is 136 Å². The van der Waals surface area contributed by atoms with Crippen molar-refractivity contribution in [3.05, 3.63) is 65.7 Å². The van der Waals surface area contributed by atoms with Crippen molar-refractivity contribution in [2.24, 2.45) is 0 Å². The Bertz CT molecular complexity index is 850. The number of hydrogen-bond acceptors (Lipinski definition) is 3. The maximum Gasteiger partial charge on any atom is 0.336 e. The average Bonchev–Trinajstić information content (AvgIpc) is 2.55. The van der Waals surface area contributed by atoms with Gasteiger partial charge in [-0.05, 0) is 35.8 Å². The first kappa shape index (κ1) is 17.0. The largest absolute Gasteiger partial charge is 0.478 e. The van der Waals surface area contributed by atoms with E-state index in [-0.39, 0.29) is 16.2 Å². The first-order chi connectivity index (χ1) is 10.9. The van der Waals surface area contributed by atoms with E-state index in [9.17, 15) is 18.3 Å². The number of carboxylic acid groups (broad SMARTS) is 1. The van der Waals surface area contributed by atoms with Crippen LogP contribution < -0.4 is 0 Å². The van der Waals surface area contributed by atoms with Gasteiger partial charge in [0.15, 0.2) is 9.84 Å². The quantitative estimate of drug-likeness (QED) is 0.673. The zero-order chi connectivity index (χ0) is 17.0. The Morgan fingerprint density at radius 2 is 1.61 bits per heavy atom. The normalized spacial score (nSPS) is 12.6. The first-order valence-corrected chi connectivity index (χ1v) is 8.85. The minimum absolute atomic E-state index is 0.00366. The molecule has 0 aliphatic heterocycles. The van der Waals surface area contributed by atoms with Gasteiger partial charge in [-0.2, -0.15) is 0 Å². The molecular formula is C18H18O4S. The molecule has 1 N–H and O–H groups in total. The van der Waals surface area contributed by atoms with Gasteiger partial charge in [0.05, 0.1) is 16.2 Å². The van der Waals surface area contributed by atoms with Crippen molar-refractivity contribution >= 4 is 27.0 Å². The summed E-state index contributed by atoms with van der Waals surface area (Å²) in [4.78, 5) is 11.9. The molecule has 23 heavy (non-hydrogen) atoms. The first-order valence-electron chi connectivity index (χ1n) is 7.19. The Morgan fingerprint density at radius 3 is 2.17 bits per heavy atom. The van der Waals surface area contributed by atoms with E-state index in [0.717, 1.165) is 0 Å². The predicted octanol–water partition coefficient (Wildman–Crippen LogP) is 3.50. The lowest BCUT2D eigenvalue weighted by Gasteiger charge is -2.10. The van der Waals surface area contributed by atoms with Gasteiger partial charge in [0, 0.05) is 0 Å². The van der Waals surface area contributed by atoms with Crippen LogP contribution in [0.4, 0.5) is 0 Å². The van der Waals surface area contributed by atoms with Crippen molar-refractivity contribution in [3.63, 3.8) is 0 Å². The van der Waals surface area contributed by atoms with Crippen LogP contribution in [0.2, 0.25) is 0 Å². The Balaban J connectivity index is 2.63.